The topological polar surface area (TPSA) is 61.9 Å². The molecule has 3 amide bonds. The van der Waals surface area contributed by atoms with Gasteiger partial charge < -0.3 is 15.0 Å². The highest BCUT2D eigenvalue weighted by Gasteiger charge is 2.27. The van der Waals surface area contributed by atoms with E-state index in [1.807, 2.05) is 41.3 Å². The van der Waals surface area contributed by atoms with Crippen LogP contribution in [-0.4, -0.2) is 49.2 Å². The molecule has 4 rings (SSSR count). The first-order valence-corrected chi connectivity index (χ1v) is 10.8. The van der Waals surface area contributed by atoms with Gasteiger partial charge in [0, 0.05) is 49.1 Å². The molecule has 0 saturated carbocycles. The average Bonchev–Trinajstić information content (AvgIpc) is 3.29. The third-order valence-corrected chi connectivity index (χ3v) is 5.78. The summed E-state index contributed by atoms with van der Waals surface area (Å²) in [7, 11) is 0. The number of nitrogens with zero attached hydrogens (tertiary/aromatic N) is 2. The van der Waals surface area contributed by atoms with Crippen LogP contribution in [0.15, 0.2) is 48.5 Å². The van der Waals surface area contributed by atoms with Gasteiger partial charge in [0.05, 0.1) is 6.10 Å². The van der Waals surface area contributed by atoms with Crippen LogP contribution in [-0.2, 0) is 11.3 Å². The number of carbonyl (C=O) groups excluding carboxylic acids is 2. The van der Waals surface area contributed by atoms with E-state index in [4.69, 9.17) is 16.3 Å². The molecule has 0 unspecified atom stereocenters. The van der Waals surface area contributed by atoms with Crippen molar-refractivity contribution in [3.8, 4) is 0 Å². The summed E-state index contributed by atoms with van der Waals surface area (Å²) in [6.45, 7) is 3.16. The van der Waals surface area contributed by atoms with Gasteiger partial charge in [-0.1, -0.05) is 29.8 Å². The van der Waals surface area contributed by atoms with E-state index in [1.54, 1.807) is 17.0 Å². The molecule has 2 aliphatic heterocycles. The van der Waals surface area contributed by atoms with E-state index in [1.165, 1.54) is 0 Å². The molecule has 2 aromatic carbocycles. The molecule has 0 spiro atoms. The minimum absolute atomic E-state index is 0.0480. The maximum atomic E-state index is 13.1. The van der Waals surface area contributed by atoms with Crippen LogP contribution in [0.5, 0.6) is 0 Å². The van der Waals surface area contributed by atoms with Crippen molar-refractivity contribution in [3.63, 3.8) is 0 Å². The minimum atomic E-state index is -0.144. The maximum absolute atomic E-state index is 13.1. The van der Waals surface area contributed by atoms with Gasteiger partial charge >= 0.3 is 6.03 Å². The molecular formula is C23H26ClN3O3. The van der Waals surface area contributed by atoms with E-state index >= 15 is 0 Å². The zero-order valence-electron chi connectivity index (χ0n) is 16.9. The van der Waals surface area contributed by atoms with E-state index in [9.17, 15) is 9.59 Å². The molecule has 2 heterocycles. The number of nitrogens with one attached hydrogen (secondary N) is 1. The highest BCUT2D eigenvalue weighted by Crippen LogP contribution is 2.23. The fraction of sp³-hybridized carbons (Fsp3) is 0.391. The maximum Gasteiger partial charge on any atom is 0.324 e. The zero-order valence-corrected chi connectivity index (χ0v) is 17.6. The van der Waals surface area contributed by atoms with E-state index in [0.717, 1.165) is 37.1 Å². The second-order valence-electron chi connectivity index (χ2n) is 7.73. The number of hydrogen-bond donors (Lipinski definition) is 1. The van der Waals surface area contributed by atoms with Crippen LogP contribution in [0.2, 0.25) is 5.02 Å². The number of rotatable bonds is 6. The van der Waals surface area contributed by atoms with Gasteiger partial charge in [0.15, 0.2) is 0 Å². The SMILES string of the molecule is O=C(NC[C@@H]1CCCO1)c1cccc(N2CCCN(Cc3ccc(Cl)cc3)C2=O)c1. The van der Waals surface area contributed by atoms with Gasteiger partial charge in [-0.25, -0.2) is 4.79 Å². The number of hydrogen-bond acceptors (Lipinski definition) is 3. The van der Waals surface area contributed by atoms with Gasteiger partial charge in [-0.15, -0.1) is 0 Å². The lowest BCUT2D eigenvalue weighted by atomic mass is 10.1. The van der Waals surface area contributed by atoms with E-state index in [2.05, 4.69) is 5.32 Å². The zero-order chi connectivity index (χ0) is 20.9. The van der Waals surface area contributed by atoms with Crippen molar-refractivity contribution >= 4 is 29.2 Å². The lowest BCUT2D eigenvalue weighted by molar-refractivity contribution is 0.0857. The molecule has 0 radical (unpaired) electrons. The minimum Gasteiger partial charge on any atom is -0.376 e. The van der Waals surface area contributed by atoms with Crippen molar-refractivity contribution in [1.82, 2.24) is 10.2 Å². The van der Waals surface area contributed by atoms with Gasteiger partial charge in [-0.2, -0.15) is 0 Å². The standard InChI is InChI=1S/C23H26ClN3O3/c24-19-9-7-17(8-10-19)16-26-11-3-12-27(23(26)29)20-5-1-4-18(14-20)22(28)25-15-21-6-2-13-30-21/h1,4-5,7-10,14,21H,2-3,6,11-13,15-16H2,(H,25,28)/t21-/m0/s1. The molecule has 1 atom stereocenters. The number of urea groups is 1. The second-order valence-corrected chi connectivity index (χ2v) is 8.17. The Balaban J connectivity index is 1.42. The molecule has 0 aromatic heterocycles. The summed E-state index contributed by atoms with van der Waals surface area (Å²) in [5.41, 5.74) is 2.33. The van der Waals surface area contributed by atoms with Gasteiger partial charge in [0.1, 0.15) is 0 Å². The fourth-order valence-electron chi connectivity index (χ4n) is 3.91. The molecule has 1 N–H and O–H groups in total. The van der Waals surface area contributed by atoms with Gasteiger partial charge in [0.25, 0.3) is 5.91 Å². The van der Waals surface area contributed by atoms with E-state index in [-0.39, 0.29) is 18.0 Å². The lowest BCUT2D eigenvalue weighted by Crippen LogP contribution is -2.49. The molecule has 158 valence electrons. The molecule has 2 aliphatic rings. The Labute approximate surface area is 181 Å². The summed E-state index contributed by atoms with van der Waals surface area (Å²) < 4.78 is 5.56. The molecule has 7 heteroatoms. The van der Waals surface area contributed by atoms with Crippen LogP contribution >= 0.6 is 11.6 Å². The first-order chi connectivity index (χ1) is 14.6. The Morgan fingerprint density at radius 3 is 2.73 bits per heavy atom. The number of carbonyl (C=O) groups is 2. The molecule has 0 aliphatic carbocycles. The van der Waals surface area contributed by atoms with Crippen molar-refractivity contribution in [2.24, 2.45) is 0 Å². The lowest BCUT2D eigenvalue weighted by Gasteiger charge is -2.36. The van der Waals surface area contributed by atoms with Gasteiger partial charge in [-0.05, 0) is 55.2 Å². The predicted molar refractivity (Wildman–Crippen MR) is 117 cm³/mol. The van der Waals surface area contributed by atoms with Crippen LogP contribution in [0.25, 0.3) is 0 Å². The van der Waals surface area contributed by atoms with Crippen molar-refractivity contribution in [1.29, 1.82) is 0 Å². The third-order valence-electron chi connectivity index (χ3n) is 5.53. The molecule has 0 bridgehead atoms. The summed E-state index contributed by atoms with van der Waals surface area (Å²) in [6, 6.07) is 14.8. The third kappa shape index (κ3) is 4.94. The van der Waals surface area contributed by atoms with Crippen molar-refractivity contribution in [3.05, 3.63) is 64.7 Å². The Morgan fingerprint density at radius 2 is 1.97 bits per heavy atom. The Bertz CT molecular complexity index is 897. The van der Waals surface area contributed by atoms with Crippen LogP contribution < -0.4 is 10.2 Å². The largest absolute Gasteiger partial charge is 0.376 e. The van der Waals surface area contributed by atoms with Crippen LogP contribution in [0.4, 0.5) is 10.5 Å². The molecular weight excluding hydrogens is 402 g/mol. The van der Waals surface area contributed by atoms with E-state index < -0.39 is 0 Å². The summed E-state index contributed by atoms with van der Waals surface area (Å²) in [6.07, 6.45) is 2.99. The predicted octanol–water partition coefficient (Wildman–Crippen LogP) is 4.08. The Kier molecular flexibility index (Phi) is 6.55. The van der Waals surface area contributed by atoms with Crippen molar-refractivity contribution in [2.45, 2.75) is 31.9 Å². The molecule has 2 fully saturated rings. The first kappa shape index (κ1) is 20.7. The summed E-state index contributed by atoms with van der Waals surface area (Å²) in [5.74, 6) is -0.144. The quantitative estimate of drug-likeness (QED) is 0.755. The molecule has 30 heavy (non-hydrogen) atoms. The molecule has 6 nitrogen and oxygen atoms in total. The van der Waals surface area contributed by atoms with Crippen LogP contribution in [0.1, 0.15) is 35.2 Å². The first-order valence-electron chi connectivity index (χ1n) is 10.4. The normalized spacial score (nSPS) is 19.2. The molecule has 2 aromatic rings. The second kappa shape index (κ2) is 9.49. The van der Waals surface area contributed by atoms with Gasteiger partial charge in [0.2, 0.25) is 0 Å². The number of ether oxygens (including phenoxy) is 1. The summed E-state index contributed by atoms with van der Waals surface area (Å²) >= 11 is 5.96. The average molecular weight is 428 g/mol. The number of halogens is 1. The fourth-order valence-corrected chi connectivity index (χ4v) is 4.03. The molecule has 2 saturated heterocycles. The number of amides is 3. The summed E-state index contributed by atoms with van der Waals surface area (Å²) in [4.78, 5) is 29.2. The summed E-state index contributed by atoms with van der Waals surface area (Å²) in [5, 5.41) is 3.62. The number of benzene rings is 2. The smallest absolute Gasteiger partial charge is 0.324 e. The Morgan fingerprint density at radius 1 is 1.13 bits per heavy atom. The highest BCUT2D eigenvalue weighted by molar-refractivity contribution is 6.30. The van der Waals surface area contributed by atoms with Crippen molar-refractivity contribution < 1.29 is 14.3 Å². The van der Waals surface area contributed by atoms with Crippen molar-refractivity contribution in [2.75, 3.05) is 31.1 Å². The highest BCUT2D eigenvalue weighted by atomic mass is 35.5. The van der Waals surface area contributed by atoms with Crippen LogP contribution in [0, 0.1) is 0 Å². The Hall–Kier alpha value is -2.57. The monoisotopic (exact) mass is 427 g/mol. The van der Waals surface area contributed by atoms with E-state index in [0.29, 0.717) is 36.8 Å². The number of anilines is 1. The van der Waals surface area contributed by atoms with Gasteiger partial charge in [-0.3, -0.25) is 9.69 Å². The van der Waals surface area contributed by atoms with Crippen LogP contribution in [0.3, 0.4) is 0 Å².